The van der Waals surface area contributed by atoms with Gasteiger partial charge in [-0.25, -0.2) is 4.98 Å². The summed E-state index contributed by atoms with van der Waals surface area (Å²) in [7, 11) is 0. The van der Waals surface area contributed by atoms with Crippen LogP contribution in [-0.4, -0.2) is 17.5 Å². The van der Waals surface area contributed by atoms with E-state index in [0.717, 1.165) is 27.1 Å². The van der Waals surface area contributed by atoms with Crippen molar-refractivity contribution in [3.63, 3.8) is 0 Å². The molecule has 140 valence electrons. The molecule has 27 heavy (non-hydrogen) atoms. The summed E-state index contributed by atoms with van der Waals surface area (Å²) in [6.07, 6.45) is 2.59. The molecular weight excluding hydrogens is 424 g/mol. The van der Waals surface area contributed by atoms with Crippen LogP contribution in [0.3, 0.4) is 0 Å². The number of carbonyl (C=O) groups is 1. The highest BCUT2D eigenvalue weighted by Crippen LogP contribution is 2.26. The van der Waals surface area contributed by atoms with Gasteiger partial charge >= 0.3 is 0 Å². The summed E-state index contributed by atoms with van der Waals surface area (Å²) in [5.74, 6) is 0.875. The van der Waals surface area contributed by atoms with Crippen molar-refractivity contribution in [2.75, 3.05) is 11.9 Å². The second-order valence-electron chi connectivity index (χ2n) is 6.46. The number of halogens is 1. The molecule has 1 N–H and O–H groups in total. The van der Waals surface area contributed by atoms with Crippen LogP contribution in [-0.2, 0) is 11.2 Å². The van der Waals surface area contributed by atoms with Gasteiger partial charge in [0.05, 0.1) is 0 Å². The zero-order valence-electron chi connectivity index (χ0n) is 15.2. The second-order valence-corrected chi connectivity index (χ2v) is 8.50. The summed E-state index contributed by atoms with van der Waals surface area (Å²) in [5, 5.41) is 3.40. The van der Waals surface area contributed by atoms with Crippen LogP contribution in [0.4, 0.5) is 5.13 Å². The smallest absolute Gasteiger partial charge is 0.264 e. The number of nitrogens with zero attached hydrogens (tertiary/aromatic N) is 1. The van der Waals surface area contributed by atoms with Gasteiger partial charge in [0.25, 0.3) is 5.91 Å². The van der Waals surface area contributed by atoms with Crippen molar-refractivity contribution >= 4 is 38.3 Å². The van der Waals surface area contributed by atoms with Gasteiger partial charge in [-0.15, -0.1) is 11.3 Å². The number of ether oxygens (including phenoxy) is 1. The van der Waals surface area contributed by atoms with E-state index < -0.39 is 0 Å². The first-order valence-corrected chi connectivity index (χ1v) is 10.3. The lowest BCUT2D eigenvalue weighted by atomic mass is 10.0. The van der Waals surface area contributed by atoms with Gasteiger partial charge in [0.1, 0.15) is 5.75 Å². The van der Waals surface area contributed by atoms with E-state index in [1.54, 1.807) is 6.20 Å². The molecule has 0 saturated carbocycles. The summed E-state index contributed by atoms with van der Waals surface area (Å²) >= 11 is 4.92. The van der Waals surface area contributed by atoms with Crippen LogP contribution < -0.4 is 10.1 Å². The summed E-state index contributed by atoms with van der Waals surface area (Å²) in [6, 6.07) is 16.0. The lowest BCUT2D eigenvalue weighted by Crippen LogP contribution is -2.20. The molecule has 0 spiro atoms. The summed E-state index contributed by atoms with van der Waals surface area (Å²) in [4.78, 5) is 17.6. The predicted molar refractivity (Wildman–Crippen MR) is 114 cm³/mol. The Labute approximate surface area is 171 Å². The van der Waals surface area contributed by atoms with Crippen molar-refractivity contribution < 1.29 is 9.53 Å². The Morgan fingerprint density at radius 3 is 2.67 bits per heavy atom. The number of nitrogens with one attached hydrogen (secondary N) is 1. The van der Waals surface area contributed by atoms with Crippen molar-refractivity contribution in [2.45, 2.75) is 26.2 Å². The summed E-state index contributed by atoms with van der Waals surface area (Å²) in [5.41, 5.74) is 2.30. The Morgan fingerprint density at radius 2 is 1.93 bits per heavy atom. The van der Waals surface area contributed by atoms with Crippen LogP contribution in [0.1, 0.15) is 35.8 Å². The zero-order chi connectivity index (χ0) is 19.2. The average Bonchev–Trinajstić information content (AvgIpc) is 3.09. The fourth-order valence-electron chi connectivity index (χ4n) is 2.64. The maximum atomic E-state index is 12.2. The van der Waals surface area contributed by atoms with E-state index in [0.29, 0.717) is 11.0 Å². The van der Waals surface area contributed by atoms with Gasteiger partial charge < -0.3 is 4.74 Å². The number of carbonyl (C=O) groups excluding carboxylic acids is 1. The molecule has 0 fully saturated rings. The SMILES string of the molecule is CC(C)c1ccccc1OCC(=O)Nc1ncc(Cc2ccc(Br)cc2)s1. The number of benzene rings is 2. The molecular formula is C21H21BrN2O2S. The molecule has 3 aromatic rings. The number of amides is 1. The number of aromatic nitrogens is 1. The highest BCUT2D eigenvalue weighted by Gasteiger charge is 2.11. The first-order chi connectivity index (χ1) is 13.0. The molecule has 0 saturated heterocycles. The molecule has 0 radical (unpaired) electrons. The zero-order valence-corrected chi connectivity index (χ0v) is 17.6. The van der Waals surface area contributed by atoms with Gasteiger partial charge in [-0.3, -0.25) is 10.1 Å². The molecule has 0 aliphatic rings. The molecule has 0 aliphatic carbocycles. The van der Waals surface area contributed by atoms with Crippen molar-refractivity contribution in [1.29, 1.82) is 0 Å². The molecule has 4 nitrogen and oxygen atoms in total. The van der Waals surface area contributed by atoms with Gasteiger partial charge in [0, 0.05) is 22.0 Å². The van der Waals surface area contributed by atoms with E-state index in [1.165, 1.54) is 16.9 Å². The first-order valence-electron chi connectivity index (χ1n) is 8.72. The van der Waals surface area contributed by atoms with E-state index in [2.05, 4.69) is 52.2 Å². The summed E-state index contributed by atoms with van der Waals surface area (Å²) < 4.78 is 6.76. The lowest BCUT2D eigenvalue weighted by Gasteiger charge is -2.13. The molecule has 2 aromatic carbocycles. The van der Waals surface area contributed by atoms with Crippen LogP contribution in [0.25, 0.3) is 0 Å². The Bertz CT molecular complexity index is 907. The lowest BCUT2D eigenvalue weighted by molar-refractivity contribution is -0.118. The highest BCUT2D eigenvalue weighted by atomic mass is 79.9. The van der Waals surface area contributed by atoms with E-state index in [1.807, 2.05) is 36.4 Å². The van der Waals surface area contributed by atoms with Gasteiger partial charge in [-0.2, -0.15) is 0 Å². The Hall–Kier alpha value is -2.18. The predicted octanol–water partition coefficient (Wildman–Crippen LogP) is 5.64. The number of anilines is 1. The van der Waals surface area contributed by atoms with Crippen molar-refractivity contribution in [3.8, 4) is 5.75 Å². The molecule has 1 aromatic heterocycles. The maximum Gasteiger partial charge on any atom is 0.264 e. The minimum atomic E-state index is -0.210. The van der Waals surface area contributed by atoms with Crippen molar-refractivity contribution in [3.05, 3.63) is 75.2 Å². The van der Waals surface area contributed by atoms with E-state index in [9.17, 15) is 4.79 Å². The topological polar surface area (TPSA) is 51.2 Å². The minimum Gasteiger partial charge on any atom is -0.483 e. The average molecular weight is 445 g/mol. The molecule has 3 rings (SSSR count). The quantitative estimate of drug-likeness (QED) is 0.512. The van der Waals surface area contributed by atoms with E-state index >= 15 is 0 Å². The van der Waals surface area contributed by atoms with Crippen LogP contribution in [0.15, 0.2) is 59.2 Å². The standard InChI is InChI=1S/C21H21BrN2O2S/c1-14(2)18-5-3-4-6-19(18)26-13-20(25)24-21-23-12-17(27-21)11-15-7-9-16(22)10-8-15/h3-10,12,14H,11,13H2,1-2H3,(H,23,24,25). The van der Waals surface area contributed by atoms with Crippen LogP contribution in [0.2, 0.25) is 0 Å². The molecule has 1 amide bonds. The Kier molecular flexibility index (Phi) is 6.63. The third-order valence-corrected chi connectivity index (χ3v) is 5.43. The Morgan fingerprint density at radius 1 is 1.19 bits per heavy atom. The second kappa shape index (κ2) is 9.15. The normalized spacial score (nSPS) is 10.8. The van der Waals surface area contributed by atoms with Gasteiger partial charge in [-0.05, 0) is 35.2 Å². The van der Waals surface area contributed by atoms with Gasteiger partial charge in [-0.1, -0.05) is 60.1 Å². The number of para-hydroxylation sites is 1. The third-order valence-electron chi connectivity index (χ3n) is 3.99. The van der Waals surface area contributed by atoms with Gasteiger partial charge in [0.2, 0.25) is 0 Å². The number of hydrogen-bond acceptors (Lipinski definition) is 4. The molecule has 6 heteroatoms. The highest BCUT2D eigenvalue weighted by molar-refractivity contribution is 9.10. The van der Waals surface area contributed by atoms with Crippen LogP contribution >= 0.6 is 27.3 Å². The molecule has 0 bridgehead atoms. The van der Waals surface area contributed by atoms with E-state index in [4.69, 9.17) is 4.74 Å². The van der Waals surface area contributed by atoms with Crippen LogP contribution in [0, 0.1) is 0 Å². The fraction of sp³-hybridized carbons (Fsp3) is 0.238. The number of hydrogen-bond donors (Lipinski definition) is 1. The summed E-state index contributed by atoms with van der Waals surface area (Å²) in [6.45, 7) is 4.17. The molecule has 0 unspecified atom stereocenters. The van der Waals surface area contributed by atoms with E-state index in [-0.39, 0.29) is 12.5 Å². The molecule has 0 aliphatic heterocycles. The maximum absolute atomic E-state index is 12.2. The van der Waals surface area contributed by atoms with Crippen molar-refractivity contribution in [1.82, 2.24) is 4.98 Å². The monoisotopic (exact) mass is 444 g/mol. The van der Waals surface area contributed by atoms with Crippen molar-refractivity contribution in [2.24, 2.45) is 0 Å². The molecule has 0 atom stereocenters. The fourth-order valence-corrected chi connectivity index (χ4v) is 3.77. The first kappa shape index (κ1) is 19.6. The van der Waals surface area contributed by atoms with Gasteiger partial charge in [0.15, 0.2) is 11.7 Å². The number of rotatable bonds is 7. The largest absolute Gasteiger partial charge is 0.483 e. The van der Waals surface area contributed by atoms with Crippen LogP contribution in [0.5, 0.6) is 5.75 Å². The minimum absolute atomic E-state index is 0.0364. The third kappa shape index (κ3) is 5.65. The molecule has 1 heterocycles. The number of thiazole rings is 1. The Balaban J connectivity index is 1.54.